The molecule has 19 heavy (non-hydrogen) atoms. The summed E-state index contributed by atoms with van der Waals surface area (Å²) in [6, 6.07) is 5.89. The monoisotopic (exact) mass is 299 g/mol. The van der Waals surface area contributed by atoms with Gasteiger partial charge in [-0.3, -0.25) is 9.52 Å². The number of sulfonamides is 1. The van der Waals surface area contributed by atoms with Crippen molar-refractivity contribution in [1.29, 1.82) is 0 Å². The zero-order valence-corrected chi connectivity index (χ0v) is 12.0. The minimum Gasteiger partial charge on any atom is -0.295 e. The number of benzene rings is 1. The first-order valence-electron chi connectivity index (χ1n) is 5.88. The summed E-state index contributed by atoms with van der Waals surface area (Å²) in [5.74, 6) is 0.105. The van der Waals surface area contributed by atoms with Gasteiger partial charge in [0.2, 0.25) is 0 Å². The lowest BCUT2D eigenvalue weighted by Crippen LogP contribution is -2.27. The van der Waals surface area contributed by atoms with Crippen LogP contribution in [0.25, 0.3) is 0 Å². The summed E-state index contributed by atoms with van der Waals surface area (Å²) in [5.41, 5.74) is 0.443. The smallest absolute Gasteiger partial charge is 0.261 e. The van der Waals surface area contributed by atoms with E-state index in [-0.39, 0.29) is 16.6 Å². The summed E-state index contributed by atoms with van der Waals surface area (Å²) in [6.45, 7) is 1.92. The third-order valence-electron chi connectivity index (χ3n) is 2.84. The van der Waals surface area contributed by atoms with E-state index < -0.39 is 10.0 Å². The molecule has 0 aromatic heterocycles. The number of halogens is 1. The maximum absolute atomic E-state index is 12.1. The van der Waals surface area contributed by atoms with Gasteiger partial charge in [-0.2, -0.15) is 0 Å². The summed E-state index contributed by atoms with van der Waals surface area (Å²) in [6.07, 6.45) is 2.39. The zero-order chi connectivity index (χ0) is 14.0. The number of rotatable bonds is 3. The second-order valence-corrected chi connectivity index (χ2v) is 6.83. The van der Waals surface area contributed by atoms with Gasteiger partial charge in [0, 0.05) is 23.2 Å². The van der Waals surface area contributed by atoms with Gasteiger partial charge in [-0.15, -0.1) is 0 Å². The van der Waals surface area contributed by atoms with Crippen molar-refractivity contribution >= 4 is 27.4 Å². The van der Waals surface area contributed by atoms with Crippen LogP contribution in [0, 0.1) is 5.92 Å². The molecule has 6 heteroatoms. The number of nitrogens with one attached hydrogen (secondary N) is 1. The topological polar surface area (TPSA) is 63.2 Å². The van der Waals surface area contributed by atoms with E-state index in [0.717, 1.165) is 0 Å². The van der Waals surface area contributed by atoms with Gasteiger partial charge in [-0.25, -0.2) is 8.42 Å². The van der Waals surface area contributed by atoms with Crippen molar-refractivity contribution in [2.45, 2.75) is 24.7 Å². The van der Waals surface area contributed by atoms with Crippen molar-refractivity contribution in [3.05, 3.63) is 41.1 Å². The normalized spacial score (nSPS) is 20.0. The summed E-state index contributed by atoms with van der Waals surface area (Å²) in [5, 5.41) is 0.472. The first-order valence-corrected chi connectivity index (χ1v) is 7.75. The van der Waals surface area contributed by atoms with Crippen LogP contribution >= 0.6 is 11.6 Å². The van der Waals surface area contributed by atoms with Crippen molar-refractivity contribution in [2.24, 2.45) is 5.92 Å². The minimum absolute atomic E-state index is 0.0486. The van der Waals surface area contributed by atoms with Crippen molar-refractivity contribution < 1.29 is 13.2 Å². The lowest BCUT2D eigenvalue weighted by atomic mass is 9.93. The molecule has 2 rings (SSSR count). The largest absolute Gasteiger partial charge is 0.295 e. The molecule has 1 aliphatic carbocycles. The molecule has 1 atom stereocenters. The van der Waals surface area contributed by atoms with Crippen LogP contribution < -0.4 is 4.72 Å². The van der Waals surface area contributed by atoms with Crippen molar-refractivity contribution in [1.82, 2.24) is 4.72 Å². The Morgan fingerprint density at radius 2 is 1.84 bits per heavy atom. The van der Waals surface area contributed by atoms with Gasteiger partial charge < -0.3 is 0 Å². The van der Waals surface area contributed by atoms with Gasteiger partial charge in [-0.05, 0) is 36.6 Å². The van der Waals surface area contributed by atoms with Crippen molar-refractivity contribution in [3.63, 3.8) is 0 Å². The Kier molecular flexibility index (Phi) is 3.96. The molecule has 1 aromatic rings. The Hall–Kier alpha value is -1.33. The molecule has 0 unspecified atom stereocenters. The van der Waals surface area contributed by atoms with E-state index in [1.54, 1.807) is 0 Å². The van der Waals surface area contributed by atoms with Crippen LogP contribution in [0.3, 0.4) is 0 Å². The second-order valence-electron chi connectivity index (χ2n) is 4.71. The average molecular weight is 300 g/mol. The number of carbonyl (C=O) groups is 1. The number of allylic oxidation sites excluding steroid dienone is 2. The predicted molar refractivity (Wildman–Crippen MR) is 73.3 cm³/mol. The van der Waals surface area contributed by atoms with E-state index in [2.05, 4.69) is 4.72 Å². The van der Waals surface area contributed by atoms with Crippen LogP contribution in [0.1, 0.15) is 19.8 Å². The van der Waals surface area contributed by atoms with Crippen molar-refractivity contribution in [2.75, 3.05) is 0 Å². The molecular weight excluding hydrogens is 286 g/mol. The van der Waals surface area contributed by atoms with Crippen LogP contribution in [0.15, 0.2) is 40.9 Å². The first kappa shape index (κ1) is 14.1. The average Bonchev–Trinajstić information content (AvgIpc) is 2.27. The fourth-order valence-corrected chi connectivity index (χ4v) is 3.25. The lowest BCUT2D eigenvalue weighted by Gasteiger charge is -2.19. The fourth-order valence-electron chi connectivity index (χ4n) is 2.02. The maximum Gasteiger partial charge on any atom is 0.261 e. The summed E-state index contributed by atoms with van der Waals surface area (Å²) >= 11 is 5.72. The molecule has 0 bridgehead atoms. The lowest BCUT2D eigenvalue weighted by molar-refractivity contribution is -0.115. The Labute approximate surface area is 117 Å². The van der Waals surface area contributed by atoms with E-state index in [0.29, 0.717) is 23.6 Å². The van der Waals surface area contributed by atoms with Gasteiger partial charge >= 0.3 is 0 Å². The molecule has 0 saturated heterocycles. The Balaban J connectivity index is 2.22. The quantitative estimate of drug-likeness (QED) is 0.932. The molecule has 0 radical (unpaired) electrons. The highest BCUT2D eigenvalue weighted by Gasteiger charge is 2.21. The molecule has 4 nitrogen and oxygen atoms in total. The molecule has 0 saturated carbocycles. The number of carbonyl (C=O) groups excluding carboxylic acids is 1. The summed E-state index contributed by atoms with van der Waals surface area (Å²) in [4.78, 5) is 11.6. The van der Waals surface area contributed by atoms with E-state index in [1.807, 2.05) is 6.92 Å². The third kappa shape index (κ3) is 3.58. The third-order valence-corrected chi connectivity index (χ3v) is 4.52. The van der Waals surface area contributed by atoms with Gasteiger partial charge in [0.05, 0.1) is 4.90 Å². The van der Waals surface area contributed by atoms with Gasteiger partial charge in [0.15, 0.2) is 5.78 Å². The highest BCUT2D eigenvalue weighted by atomic mass is 35.5. The summed E-state index contributed by atoms with van der Waals surface area (Å²) < 4.78 is 26.7. The SMILES string of the molecule is C[C@@H]1CC(=O)C=C(NS(=O)(=O)c2ccc(Cl)cc2)C1. The van der Waals surface area contributed by atoms with Crippen LogP contribution in [-0.4, -0.2) is 14.2 Å². The molecule has 0 fully saturated rings. The van der Waals surface area contributed by atoms with Gasteiger partial charge in [0.1, 0.15) is 0 Å². The molecule has 0 heterocycles. The maximum atomic E-state index is 12.1. The van der Waals surface area contributed by atoms with Gasteiger partial charge in [0.25, 0.3) is 10.0 Å². The molecule has 1 aliphatic rings. The van der Waals surface area contributed by atoms with Crippen LogP contribution in [0.2, 0.25) is 5.02 Å². The standard InChI is InChI=1S/C13H14ClNO3S/c1-9-6-11(8-12(16)7-9)15-19(17,18)13-4-2-10(14)3-5-13/h2-5,8-9,15H,6-7H2,1H3/t9-/m0/s1. The molecular formula is C13H14ClNO3S. The zero-order valence-electron chi connectivity index (χ0n) is 10.4. The molecule has 0 aliphatic heterocycles. The van der Waals surface area contributed by atoms with Crippen LogP contribution in [0.4, 0.5) is 0 Å². The highest BCUT2D eigenvalue weighted by Crippen LogP contribution is 2.22. The second kappa shape index (κ2) is 5.35. The summed E-state index contributed by atoms with van der Waals surface area (Å²) in [7, 11) is -3.65. The Morgan fingerprint density at radius 1 is 1.21 bits per heavy atom. The number of hydrogen-bond donors (Lipinski definition) is 1. The van der Waals surface area contributed by atoms with E-state index in [1.165, 1.54) is 30.3 Å². The van der Waals surface area contributed by atoms with E-state index >= 15 is 0 Å². The first-order chi connectivity index (χ1) is 8.87. The fraction of sp³-hybridized carbons (Fsp3) is 0.308. The van der Waals surface area contributed by atoms with Crippen LogP contribution in [-0.2, 0) is 14.8 Å². The predicted octanol–water partition coefficient (Wildman–Crippen LogP) is 2.50. The molecule has 0 amide bonds. The number of hydrogen-bond acceptors (Lipinski definition) is 3. The highest BCUT2D eigenvalue weighted by molar-refractivity contribution is 7.89. The van der Waals surface area contributed by atoms with Crippen molar-refractivity contribution in [3.8, 4) is 0 Å². The molecule has 0 spiro atoms. The minimum atomic E-state index is -3.65. The molecule has 102 valence electrons. The number of ketones is 1. The van der Waals surface area contributed by atoms with Crippen LogP contribution in [0.5, 0.6) is 0 Å². The molecule has 1 aromatic carbocycles. The molecule has 1 N–H and O–H groups in total. The Bertz CT molecular complexity index is 620. The van der Waals surface area contributed by atoms with E-state index in [4.69, 9.17) is 11.6 Å². The Morgan fingerprint density at radius 3 is 2.42 bits per heavy atom. The van der Waals surface area contributed by atoms with Gasteiger partial charge in [-0.1, -0.05) is 18.5 Å². The van der Waals surface area contributed by atoms with E-state index in [9.17, 15) is 13.2 Å².